The Balaban J connectivity index is 0.000000629. The first-order valence-corrected chi connectivity index (χ1v) is 16.3. The average molecular weight is 702 g/mol. The SMILES string of the molecule is CC(C)NCC(O)c1ccc(O)c(O)c1.COc1ccc(CCN(C)CCCC(C#N)(c2ccc(OC)c(OC)c2)C(C)C)cc1OC.Cl. The average Bonchev–Trinajstić information content (AvgIpc) is 3.09. The van der Waals surface area contributed by atoms with E-state index in [2.05, 4.69) is 43.2 Å². The van der Waals surface area contributed by atoms with E-state index < -0.39 is 11.5 Å². The van der Waals surface area contributed by atoms with Gasteiger partial charge in [-0.25, -0.2) is 0 Å². The van der Waals surface area contributed by atoms with Crippen LogP contribution in [0.15, 0.2) is 54.6 Å². The number of nitriles is 1. The summed E-state index contributed by atoms with van der Waals surface area (Å²) in [6, 6.07) is 19.1. The molecule has 0 aliphatic heterocycles. The van der Waals surface area contributed by atoms with Gasteiger partial charge in [0, 0.05) is 19.1 Å². The number of nitrogens with one attached hydrogen (secondary N) is 1. The first kappa shape index (κ1) is 43.1. The van der Waals surface area contributed by atoms with E-state index in [4.69, 9.17) is 24.1 Å². The van der Waals surface area contributed by atoms with Crippen LogP contribution < -0.4 is 24.3 Å². The Morgan fingerprint density at radius 3 is 1.92 bits per heavy atom. The monoisotopic (exact) mass is 701 g/mol. The Kier molecular flexibility index (Phi) is 18.7. The van der Waals surface area contributed by atoms with Gasteiger partial charge in [0.2, 0.25) is 0 Å². The van der Waals surface area contributed by atoms with Gasteiger partial charge in [-0.15, -0.1) is 12.4 Å². The molecule has 49 heavy (non-hydrogen) atoms. The van der Waals surface area contributed by atoms with E-state index in [9.17, 15) is 15.5 Å². The van der Waals surface area contributed by atoms with Crippen LogP contribution in [0.2, 0.25) is 0 Å². The van der Waals surface area contributed by atoms with Gasteiger partial charge in [-0.2, -0.15) is 5.26 Å². The molecule has 11 heteroatoms. The molecule has 3 aromatic rings. The fraction of sp³-hybridized carbons (Fsp3) is 0.500. The second-order valence-corrected chi connectivity index (χ2v) is 12.5. The van der Waals surface area contributed by atoms with Crippen LogP contribution in [0.3, 0.4) is 0 Å². The first-order chi connectivity index (χ1) is 22.8. The number of benzene rings is 3. The molecule has 2 atom stereocenters. The maximum atomic E-state index is 10.2. The van der Waals surface area contributed by atoms with E-state index in [0.717, 1.165) is 49.4 Å². The molecule has 0 heterocycles. The van der Waals surface area contributed by atoms with E-state index in [1.165, 1.54) is 17.7 Å². The van der Waals surface area contributed by atoms with E-state index >= 15 is 0 Å². The van der Waals surface area contributed by atoms with Crippen molar-refractivity contribution in [2.75, 3.05) is 55.1 Å². The fourth-order valence-corrected chi connectivity index (χ4v) is 5.44. The van der Waals surface area contributed by atoms with E-state index in [1.54, 1.807) is 34.5 Å². The number of ether oxygens (including phenoxy) is 4. The van der Waals surface area contributed by atoms with Crippen molar-refractivity contribution in [1.82, 2.24) is 10.2 Å². The summed E-state index contributed by atoms with van der Waals surface area (Å²) in [5.41, 5.74) is 2.19. The van der Waals surface area contributed by atoms with Crippen molar-refractivity contribution in [2.45, 2.75) is 64.5 Å². The number of halogens is 1. The zero-order chi connectivity index (χ0) is 35.9. The van der Waals surface area contributed by atoms with Crippen molar-refractivity contribution in [2.24, 2.45) is 5.92 Å². The van der Waals surface area contributed by atoms with Gasteiger partial charge in [0.1, 0.15) is 0 Å². The summed E-state index contributed by atoms with van der Waals surface area (Å²) in [7, 11) is 8.67. The molecule has 4 N–H and O–H groups in total. The van der Waals surface area contributed by atoms with Crippen molar-refractivity contribution >= 4 is 12.4 Å². The predicted octanol–water partition coefficient (Wildman–Crippen LogP) is 6.64. The van der Waals surface area contributed by atoms with Crippen LogP contribution in [-0.4, -0.2) is 81.4 Å². The number of hydrogen-bond acceptors (Lipinski definition) is 10. The highest BCUT2D eigenvalue weighted by atomic mass is 35.5. The highest BCUT2D eigenvalue weighted by Crippen LogP contribution is 2.40. The van der Waals surface area contributed by atoms with E-state index in [0.29, 0.717) is 29.6 Å². The van der Waals surface area contributed by atoms with Crippen LogP contribution in [0, 0.1) is 17.2 Å². The van der Waals surface area contributed by atoms with Crippen molar-refractivity contribution in [1.29, 1.82) is 5.26 Å². The Bertz CT molecular complexity index is 1460. The lowest BCUT2D eigenvalue weighted by Crippen LogP contribution is -2.32. The zero-order valence-electron chi connectivity index (χ0n) is 30.4. The lowest BCUT2D eigenvalue weighted by molar-refractivity contribution is 0.171. The number of likely N-dealkylation sites (N-methyl/N-ethyl adjacent to an activating group) is 1. The number of hydrogen-bond donors (Lipinski definition) is 4. The molecule has 0 fully saturated rings. The summed E-state index contributed by atoms with van der Waals surface area (Å²) in [6.07, 6.45) is 1.93. The zero-order valence-corrected chi connectivity index (χ0v) is 31.3. The quantitative estimate of drug-likeness (QED) is 0.113. The van der Waals surface area contributed by atoms with Crippen LogP contribution in [0.25, 0.3) is 0 Å². The topological polar surface area (TPSA) is 137 Å². The van der Waals surface area contributed by atoms with Gasteiger partial charge in [0.25, 0.3) is 0 Å². The summed E-state index contributed by atoms with van der Waals surface area (Å²) < 4.78 is 21.6. The Hall–Kier alpha value is -3.88. The second kappa shape index (κ2) is 21.3. The molecule has 0 spiro atoms. The Morgan fingerprint density at radius 1 is 0.796 bits per heavy atom. The molecule has 272 valence electrons. The number of rotatable bonds is 17. The summed E-state index contributed by atoms with van der Waals surface area (Å²) in [4.78, 5) is 2.31. The Morgan fingerprint density at radius 2 is 1.39 bits per heavy atom. The van der Waals surface area contributed by atoms with Crippen LogP contribution in [0.4, 0.5) is 0 Å². The standard InChI is InChI=1S/C27H38N2O4.C11H17NO3.ClH/c1-20(2)27(19-28,22-10-12-24(31-5)26(18-22)33-7)14-8-15-29(3)16-13-21-9-11-23(30-4)25(17-21)32-6;1-7(2)12-6-11(15)8-3-4-9(13)10(14)5-8;/h9-12,17-18,20H,8,13-16H2,1-7H3;3-5,7,11-15H,6H2,1-2H3;1H. The number of aliphatic hydroxyl groups is 1. The highest BCUT2D eigenvalue weighted by Gasteiger charge is 2.36. The van der Waals surface area contributed by atoms with Gasteiger partial charge < -0.3 is 44.5 Å². The minimum Gasteiger partial charge on any atom is -0.504 e. The molecule has 0 radical (unpaired) electrons. The molecule has 0 bridgehead atoms. The van der Waals surface area contributed by atoms with Gasteiger partial charge in [-0.1, -0.05) is 45.9 Å². The number of phenolic OH excluding ortho intramolecular Hbond substituents is 2. The largest absolute Gasteiger partial charge is 0.504 e. The first-order valence-electron chi connectivity index (χ1n) is 16.3. The maximum absolute atomic E-state index is 10.2. The van der Waals surface area contributed by atoms with Crippen molar-refractivity contribution in [3.63, 3.8) is 0 Å². The molecule has 0 aliphatic carbocycles. The van der Waals surface area contributed by atoms with Gasteiger partial charge in [0.05, 0.1) is 46.0 Å². The van der Waals surface area contributed by atoms with Crippen LogP contribution in [-0.2, 0) is 11.8 Å². The van der Waals surface area contributed by atoms with Crippen molar-refractivity contribution in [3.8, 4) is 40.6 Å². The minimum absolute atomic E-state index is 0. The predicted molar refractivity (Wildman–Crippen MR) is 197 cm³/mol. The molecular formula is C38H56ClN3O7. The number of phenols is 2. The van der Waals surface area contributed by atoms with Crippen molar-refractivity contribution < 1.29 is 34.3 Å². The van der Waals surface area contributed by atoms with Crippen LogP contribution in [0.1, 0.15) is 63.3 Å². The smallest absolute Gasteiger partial charge is 0.161 e. The van der Waals surface area contributed by atoms with Gasteiger partial charge in [-0.05, 0) is 91.9 Å². The lowest BCUT2D eigenvalue weighted by Gasteiger charge is -2.32. The third-order valence-electron chi connectivity index (χ3n) is 8.53. The summed E-state index contributed by atoms with van der Waals surface area (Å²) in [5, 5.41) is 41.4. The van der Waals surface area contributed by atoms with E-state index in [1.807, 2.05) is 44.2 Å². The minimum atomic E-state index is -0.682. The molecule has 0 amide bonds. The third-order valence-corrected chi connectivity index (χ3v) is 8.53. The number of aromatic hydroxyl groups is 2. The van der Waals surface area contributed by atoms with Crippen molar-refractivity contribution in [3.05, 3.63) is 71.3 Å². The molecule has 0 aliphatic rings. The Labute approximate surface area is 299 Å². The van der Waals surface area contributed by atoms with Gasteiger partial charge in [0.15, 0.2) is 34.5 Å². The number of methoxy groups -OCH3 is 4. The van der Waals surface area contributed by atoms with Gasteiger partial charge in [-0.3, -0.25) is 0 Å². The van der Waals surface area contributed by atoms with Crippen LogP contribution in [0.5, 0.6) is 34.5 Å². The lowest BCUT2D eigenvalue weighted by atomic mass is 9.69. The summed E-state index contributed by atoms with van der Waals surface area (Å²) >= 11 is 0. The van der Waals surface area contributed by atoms with Gasteiger partial charge >= 0.3 is 0 Å². The molecule has 2 unspecified atom stereocenters. The molecule has 10 nitrogen and oxygen atoms in total. The molecule has 0 saturated heterocycles. The second-order valence-electron chi connectivity index (χ2n) is 12.5. The maximum Gasteiger partial charge on any atom is 0.161 e. The number of aliphatic hydroxyl groups excluding tert-OH is 1. The third kappa shape index (κ3) is 12.5. The van der Waals surface area contributed by atoms with Crippen LogP contribution >= 0.6 is 12.4 Å². The number of nitrogens with zero attached hydrogens (tertiary/aromatic N) is 2. The molecule has 3 rings (SSSR count). The molecule has 3 aromatic carbocycles. The molecule has 0 saturated carbocycles. The summed E-state index contributed by atoms with van der Waals surface area (Å²) in [6.45, 7) is 10.5. The normalized spacial score (nSPS) is 12.7. The van der Waals surface area contributed by atoms with E-state index in [-0.39, 0.29) is 29.8 Å². The highest BCUT2D eigenvalue weighted by molar-refractivity contribution is 5.85. The summed E-state index contributed by atoms with van der Waals surface area (Å²) in [5.74, 6) is 2.60. The molecule has 0 aromatic heterocycles. The molecular weight excluding hydrogens is 646 g/mol. The fourth-order valence-electron chi connectivity index (χ4n) is 5.44.